The highest BCUT2D eigenvalue weighted by atomic mass is 79.9. The molecule has 1 unspecified atom stereocenters. The molecule has 0 N–H and O–H groups in total. The highest BCUT2D eigenvalue weighted by Crippen LogP contribution is 2.47. The molecule has 4 aromatic rings. The lowest BCUT2D eigenvalue weighted by Gasteiger charge is -2.23. The quantitative estimate of drug-likeness (QED) is 0.259. The topological polar surface area (TPSA) is 90.0 Å². The summed E-state index contributed by atoms with van der Waals surface area (Å²) in [5.74, 6) is 0.791. The molecule has 0 saturated heterocycles. The number of thioether (sulfide) groups is 1. The van der Waals surface area contributed by atoms with Crippen LogP contribution in [0.3, 0.4) is 0 Å². The van der Waals surface area contributed by atoms with Gasteiger partial charge in [-0.05, 0) is 59.3 Å². The molecular formula is C26H20BrFN4O4S. The molecule has 3 heterocycles. The second kappa shape index (κ2) is 10.7. The summed E-state index contributed by atoms with van der Waals surface area (Å²) in [6, 6.07) is 14.9. The SMILES string of the molecule is COc1c(OCc2cc(C)no2)cccc1C1SC(c2ccc(F)cc2)=NN1C(=O)c1cncc(Br)c1. The zero-order chi connectivity index (χ0) is 25.9. The van der Waals surface area contributed by atoms with Gasteiger partial charge in [-0.3, -0.25) is 9.78 Å². The first-order valence-corrected chi connectivity index (χ1v) is 12.8. The first-order valence-electron chi connectivity index (χ1n) is 11.1. The van der Waals surface area contributed by atoms with Crippen LogP contribution in [0.15, 0.2) is 81.1 Å². The molecule has 188 valence electrons. The smallest absolute Gasteiger partial charge is 0.277 e. The maximum atomic E-state index is 13.6. The van der Waals surface area contributed by atoms with Gasteiger partial charge < -0.3 is 14.0 Å². The van der Waals surface area contributed by atoms with E-state index >= 15 is 0 Å². The van der Waals surface area contributed by atoms with Gasteiger partial charge in [0, 0.05) is 34.1 Å². The minimum absolute atomic E-state index is 0.155. The number of halogens is 2. The van der Waals surface area contributed by atoms with E-state index in [9.17, 15) is 9.18 Å². The number of hydrogen-bond acceptors (Lipinski definition) is 8. The largest absolute Gasteiger partial charge is 0.492 e. The first kappa shape index (κ1) is 25.0. The van der Waals surface area contributed by atoms with Gasteiger partial charge in [-0.25, -0.2) is 9.40 Å². The van der Waals surface area contributed by atoms with E-state index in [1.807, 2.05) is 19.1 Å². The number of aryl methyl sites for hydroxylation is 1. The number of hydrogen-bond donors (Lipinski definition) is 0. The monoisotopic (exact) mass is 582 g/mol. The van der Waals surface area contributed by atoms with E-state index in [1.165, 1.54) is 42.2 Å². The van der Waals surface area contributed by atoms with Gasteiger partial charge in [0.2, 0.25) is 0 Å². The predicted molar refractivity (Wildman–Crippen MR) is 140 cm³/mol. The Labute approximate surface area is 224 Å². The van der Waals surface area contributed by atoms with E-state index in [1.54, 1.807) is 36.5 Å². The Morgan fingerprint density at radius 2 is 2.00 bits per heavy atom. The van der Waals surface area contributed by atoms with E-state index < -0.39 is 5.37 Å². The predicted octanol–water partition coefficient (Wildman–Crippen LogP) is 6.12. The van der Waals surface area contributed by atoms with Gasteiger partial charge in [0.25, 0.3) is 5.91 Å². The molecule has 1 amide bonds. The van der Waals surface area contributed by atoms with E-state index in [0.717, 1.165) is 5.69 Å². The number of nitrogens with zero attached hydrogens (tertiary/aromatic N) is 4. The number of carbonyl (C=O) groups is 1. The number of methoxy groups -OCH3 is 1. The second-order valence-corrected chi connectivity index (χ2v) is 10.0. The summed E-state index contributed by atoms with van der Waals surface area (Å²) < 4.78 is 31.2. The Hall–Kier alpha value is -3.70. The van der Waals surface area contributed by atoms with Gasteiger partial charge in [-0.1, -0.05) is 29.1 Å². The van der Waals surface area contributed by atoms with Crippen LogP contribution in [-0.4, -0.2) is 33.2 Å². The number of ether oxygens (including phenoxy) is 2. The number of pyridine rings is 1. The van der Waals surface area contributed by atoms with E-state index in [-0.39, 0.29) is 18.3 Å². The van der Waals surface area contributed by atoms with Crippen molar-refractivity contribution in [3.05, 3.63) is 105 Å². The van der Waals surface area contributed by atoms with E-state index in [0.29, 0.717) is 43.5 Å². The molecule has 0 spiro atoms. The molecule has 0 aliphatic carbocycles. The van der Waals surface area contributed by atoms with Crippen molar-refractivity contribution < 1.29 is 23.2 Å². The van der Waals surface area contributed by atoms with Crippen LogP contribution in [0.5, 0.6) is 11.5 Å². The molecule has 8 nitrogen and oxygen atoms in total. The van der Waals surface area contributed by atoms with Crippen molar-refractivity contribution in [2.24, 2.45) is 5.10 Å². The summed E-state index contributed by atoms with van der Waals surface area (Å²) in [4.78, 5) is 17.7. The molecule has 2 aromatic carbocycles. The minimum Gasteiger partial charge on any atom is -0.492 e. The standard InChI is InChI=1S/C26H20BrFN4O4S/c1-15-10-20(36-31-15)14-35-22-5-3-4-21(23(22)34-2)26-32(25(33)17-11-18(27)13-29-12-17)30-24(37-26)16-6-8-19(28)9-7-16/h3-13,26H,14H2,1-2H3. The van der Waals surface area contributed by atoms with Crippen LogP contribution >= 0.6 is 27.7 Å². The van der Waals surface area contributed by atoms with Crippen LogP contribution < -0.4 is 9.47 Å². The second-order valence-electron chi connectivity index (χ2n) is 8.03. The van der Waals surface area contributed by atoms with Crippen molar-refractivity contribution >= 4 is 38.6 Å². The molecule has 0 radical (unpaired) electrons. The normalized spacial score (nSPS) is 15.0. The maximum Gasteiger partial charge on any atom is 0.277 e. The van der Waals surface area contributed by atoms with Crippen molar-refractivity contribution in [1.29, 1.82) is 0 Å². The van der Waals surface area contributed by atoms with Crippen LogP contribution in [0.4, 0.5) is 4.39 Å². The number of aromatic nitrogens is 2. The summed E-state index contributed by atoms with van der Waals surface area (Å²) in [5, 5.41) is 9.87. The van der Waals surface area contributed by atoms with Gasteiger partial charge in [0.1, 0.15) is 22.8 Å². The molecule has 37 heavy (non-hydrogen) atoms. The van der Waals surface area contributed by atoms with E-state index in [4.69, 9.17) is 14.0 Å². The average molecular weight is 583 g/mol. The van der Waals surface area contributed by atoms with Crippen LogP contribution in [0.1, 0.15) is 38.3 Å². The van der Waals surface area contributed by atoms with Crippen molar-refractivity contribution in [2.45, 2.75) is 18.9 Å². The van der Waals surface area contributed by atoms with Crippen molar-refractivity contribution in [1.82, 2.24) is 15.1 Å². The first-order chi connectivity index (χ1) is 17.9. The summed E-state index contributed by atoms with van der Waals surface area (Å²) in [6.45, 7) is 1.98. The van der Waals surface area contributed by atoms with Gasteiger partial charge in [-0.2, -0.15) is 5.10 Å². The van der Waals surface area contributed by atoms with Gasteiger partial charge >= 0.3 is 0 Å². The lowest BCUT2D eigenvalue weighted by Crippen LogP contribution is -2.26. The fraction of sp³-hybridized carbons (Fsp3) is 0.154. The van der Waals surface area contributed by atoms with Crippen molar-refractivity contribution in [2.75, 3.05) is 7.11 Å². The molecule has 0 saturated carbocycles. The third-order valence-electron chi connectivity index (χ3n) is 5.42. The lowest BCUT2D eigenvalue weighted by molar-refractivity contribution is 0.0747. The molecule has 1 aliphatic rings. The third kappa shape index (κ3) is 5.37. The summed E-state index contributed by atoms with van der Waals surface area (Å²) in [6.07, 6.45) is 3.08. The third-order valence-corrected chi connectivity index (χ3v) is 7.07. The number of hydrazone groups is 1. The molecular weight excluding hydrogens is 563 g/mol. The molecule has 1 atom stereocenters. The van der Waals surface area contributed by atoms with Crippen molar-refractivity contribution in [3.63, 3.8) is 0 Å². The number of rotatable bonds is 7. The van der Waals surface area contributed by atoms with Gasteiger partial charge in [0.15, 0.2) is 17.3 Å². The Kier molecular flexibility index (Phi) is 7.24. The van der Waals surface area contributed by atoms with Crippen LogP contribution in [0.2, 0.25) is 0 Å². The number of carbonyl (C=O) groups excluding carboxylic acids is 1. The Morgan fingerprint density at radius 1 is 1.19 bits per heavy atom. The summed E-state index contributed by atoms with van der Waals surface area (Å²) in [7, 11) is 1.54. The van der Waals surface area contributed by atoms with Crippen molar-refractivity contribution in [3.8, 4) is 11.5 Å². The number of para-hydroxylation sites is 1. The summed E-state index contributed by atoms with van der Waals surface area (Å²) in [5.41, 5.74) is 2.47. The lowest BCUT2D eigenvalue weighted by atomic mass is 10.1. The molecule has 11 heteroatoms. The zero-order valence-corrected chi connectivity index (χ0v) is 22.1. The highest BCUT2D eigenvalue weighted by molar-refractivity contribution is 9.10. The van der Waals surface area contributed by atoms with Crippen LogP contribution in [-0.2, 0) is 6.61 Å². The molecule has 5 rings (SSSR count). The molecule has 2 aromatic heterocycles. The fourth-order valence-electron chi connectivity index (χ4n) is 3.75. The number of benzene rings is 2. The highest BCUT2D eigenvalue weighted by Gasteiger charge is 2.37. The molecule has 0 bridgehead atoms. The maximum absolute atomic E-state index is 13.6. The number of amides is 1. The molecule has 0 fully saturated rings. The summed E-state index contributed by atoms with van der Waals surface area (Å²) >= 11 is 4.72. The fourth-order valence-corrected chi connectivity index (χ4v) is 5.29. The van der Waals surface area contributed by atoms with Crippen LogP contribution in [0, 0.1) is 12.7 Å². The van der Waals surface area contributed by atoms with Gasteiger partial charge in [0.05, 0.1) is 18.4 Å². The van der Waals surface area contributed by atoms with Gasteiger partial charge in [-0.15, -0.1) is 0 Å². The zero-order valence-electron chi connectivity index (χ0n) is 19.7. The Morgan fingerprint density at radius 3 is 2.70 bits per heavy atom. The Bertz CT molecular complexity index is 1480. The average Bonchev–Trinajstić information content (AvgIpc) is 3.53. The molecule has 1 aliphatic heterocycles. The van der Waals surface area contributed by atoms with Crippen LogP contribution in [0.25, 0.3) is 0 Å². The Balaban J connectivity index is 1.51. The van der Waals surface area contributed by atoms with E-state index in [2.05, 4.69) is 31.2 Å². The minimum atomic E-state index is -0.586.